The van der Waals surface area contributed by atoms with Crippen LogP contribution in [-0.2, 0) is 11.3 Å². The topological polar surface area (TPSA) is 40.5 Å². The van der Waals surface area contributed by atoms with Crippen molar-refractivity contribution in [2.75, 3.05) is 11.4 Å². The largest absolute Gasteiger partial charge is 0.481 e. The summed E-state index contributed by atoms with van der Waals surface area (Å²) in [5.74, 6) is -1.81. The maximum Gasteiger partial charge on any atom is 0.312 e. The summed E-state index contributed by atoms with van der Waals surface area (Å²) in [5.41, 5.74) is 2.12. The standard InChI is InChI=1S/C16H13ClFNO2/c17-11-6-5-10(14(18)7-11)8-19-9-13(16(20)21)12-3-1-2-4-15(12)19/h1-7,13H,8-9H2,(H,20,21). The molecule has 0 amide bonds. The number of carboxylic acids is 1. The number of hydrogen-bond donors (Lipinski definition) is 1. The summed E-state index contributed by atoms with van der Waals surface area (Å²) in [6.07, 6.45) is 0. The molecule has 0 aliphatic carbocycles. The average molecular weight is 306 g/mol. The molecule has 1 unspecified atom stereocenters. The molecule has 0 bridgehead atoms. The highest BCUT2D eigenvalue weighted by molar-refractivity contribution is 6.30. The third kappa shape index (κ3) is 2.59. The molecule has 108 valence electrons. The number of hydrogen-bond acceptors (Lipinski definition) is 2. The van der Waals surface area contributed by atoms with Crippen molar-refractivity contribution in [2.24, 2.45) is 0 Å². The van der Waals surface area contributed by atoms with Crippen LogP contribution >= 0.6 is 11.6 Å². The number of para-hydroxylation sites is 1. The van der Waals surface area contributed by atoms with Crippen LogP contribution in [0, 0.1) is 5.82 Å². The number of nitrogens with zero attached hydrogens (tertiary/aromatic N) is 1. The maximum absolute atomic E-state index is 13.9. The SMILES string of the molecule is O=C(O)C1CN(Cc2ccc(Cl)cc2F)c2ccccc21. The van der Waals surface area contributed by atoms with Crippen LogP contribution in [-0.4, -0.2) is 17.6 Å². The monoisotopic (exact) mass is 305 g/mol. The fourth-order valence-corrected chi connectivity index (χ4v) is 2.86. The highest BCUT2D eigenvalue weighted by Gasteiger charge is 2.33. The molecule has 1 heterocycles. The summed E-state index contributed by atoms with van der Waals surface area (Å²) in [7, 11) is 0. The third-order valence-corrected chi connectivity index (χ3v) is 3.97. The van der Waals surface area contributed by atoms with Gasteiger partial charge in [-0.15, -0.1) is 0 Å². The first-order chi connectivity index (χ1) is 10.1. The number of halogens is 2. The Balaban J connectivity index is 1.92. The summed E-state index contributed by atoms with van der Waals surface area (Å²) in [6.45, 7) is 0.667. The van der Waals surface area contributed by atoms with Crippen molar-refractivity contribution in [3.05, 3.63) is 64.4 Å². The van der Waals surface area contributed by atoms with Gasteiger partial charge in [0.15, 0.2) is 0 Å². The minimum atomic E-state index is -0.860. The van der Waals surface area contributed by atoms with Crippen LogP contribution in [0.5, 0.6) is 0 Å². The van der Waals surface area contributed by atoms with E-state index in [4.69, 9.17) is 11.6 Å². The first kappa shape index (κ1) is 13.9. The predicted octanol–water partition coefficient (Wildman–Crippen LogP) is 3.67. The van der Waals surface area contributed by atoms with E-state index in [9.17, 15) is 14.3 Å². The van der Waals surface area contributed by atoms with Crippen LogP contribution in [0.4, 0.5) is 10.1 Å². The molecule has 5 heteroatoms. The molecular weight excluding hydrogens is 293 g/mol. The van der Waals surface area contributed by atoms with Gasteiger partial charge in [-0.3, -0.25) is 4.79 Å². The molecule has 0 radical (unpaired) electrons. The lowest BCUT2D eigenvalue weighted by molar-refractivity contribution is -0.138. The fourth-order valence-electron chi connectivity index (χ4n) is 2.70. The Morgan fingerprint density at radius 2 is 2.10 bits per heavy atom. The van der Waals surface area contributed by atoms with Crippen molar-refractivity contribution >= 4 is 23.3 Å². The second-order valence-corrected chi connectivity index (χ2v) is 5.50. The second kappa shape index (κ2) is 5.37. The maximum atomic E-state index is 13.9. The fraction of sp³-hybridized carbons (Fsp3) is 0.188. The Kier molecular flexibility index (Phi) is 3.55. The minimum Gasteiger partial charge on any atom is -0.481 e. The molecule has 21 heavy (non-hydrogen) atoms. The molecule has 1 atom stereocenters. The van der Waals surface area contributed by atoms with Crippen LogP contribution in [0.3, 0.4) is 0 Å². The third-order valence-electron chi connectivity index (χ3n) is 3.73. The van der Waals surface area contributed by atoms with Crippen molar-refractivity contribution < 1.29 is 14.3 Å². The first-order valence-corrected chi connectivity index (χ1v) is 6.94. The second-order valence-electron chi connectivity index (χ2n) is 5.07. The number of fused-ring (bicyclic) bond motifs is 1. The zero-order valence-corrected chi connectivity index (χ0v) is 11.8. The first-order valence-electron chi connectivity index (χ1n) is 6.57. The van der Waals surface area contributed by atoms with E-state index in [2.05, 4.69) is 0 Å². The van der Waals surface area contributed by atoms with Gasteiger partial charge in [-0.2, -0.15) is 0 Å². The molecule has 3 rings (SSSR count). The van der Waals surface area contributed by atoms with Gasteiger partial charge >= 0.3 is 5.97 Å². The average Bonchev–Trinajstić information content (AvgIpc) is 2.81. The Hall–Kier alpha value is -2.07. The van der Waals surface area contributed by atoms with Gasteiger partial charge in [0.1, 0.15) is 11.7 Å². The molecule has 0 spiro atoms. The molecule has 0 saturated heterocycles. The number of carbonyl (C=O) groups is 1. The highest BCUT2D eigenvalue weighted by Crippen LogP contribution is 2.37. The van der Waals surface area contributed by atoms with Gasteiger partial charge in [-0.05, 0) is 23.8 Å². The lowest BCUT2D eigenvalue weighted by Crippen LogP contribution is -2.24. The van der Waals surface area contributed by atoms with Crippen LogP contribution in [0.25, 0.3) is 0 Å². The lowest BCUT2D eigenvalue weighted by Gasteiger charge is -2.20. The van der Waals surface area contributed by atoms with Crippen LogP contribution in [0.1, 0.15) is 17.0 Å². The van der Waals surface area contributed by atoms with E-state index in [1.54, 1.807) is 12.1 Å². The molecule has 0 saturated carbocycles. The smallest absolute Gasteiger partial charge is 0.312 e. The normalized spacial score (nSPS) is 16.9. The molecule has 1 aliphatic heterocycles. The van der Waals surface area contributed by atoms with E-state index < -0.39 is 11.9 Å². The number of benzene rings is 2. The van der Waals surface area contributed by atoms with Gasteiger partial charge in [0.05, 0.1) is 0 Å². The minimum absolute atomic E-state index is 0.323. The molecule has 1 aliphatic rings. The van der Waals surface area contributed by atoms with E-state index in [0.717, 1.165) is 11.3 Å². The summed E-state index contributed by atoms with van der Waals surface area (Å²) < 4.78 is 13.9. The zero-order valence-electron chi connectivity index (χ0n) is 11.1. The van der Waals surface area contributed by atoms with E-state index in [0.29, 0.717) is 23.7 Å². The van der Waals surface area contributed by atoms with Crippen LogP contribution in [0.2, 0.25) is 5.02 Å². The van der Waals surface area contributed by atoms with Gasteiger partial charge < -0.3 is 10.0 Å². The Labute approximate surface area is 126 Å². The number of anilines is 1. The van der Waals surface area contributed by atoms with Crippen molar-refractivity contribution in [1.82, 2.24) is 0 Å². The number of carboxylic acid groups (broad SMARTS) is 1. The zero-order chi connectivity index (χ0) is 15.0. The molecule has 3 nitrogen and oxygen atoms in total. The molecule has 1 N–H and O–H groups in total. The predicted molar refractivity (Wildman–Crippen MR) is 79.3 cm³/mol. The Bertz CT molecular complexity index is 704. The lowest BCUT2D eigenvalue weighted by atomic mass is 10.0. The van der Waals surface area contributed by atoms with Gasteiger partial charge in [-0.25, -0.2) is 4.39 Å². The van der Waals surface area contributed by atoms with Crippen molar-refractivity contribution in [1.29, 1.82) is 0 Å². The van der Waals surface area contributed by atoms with E-state index in [1.165, 1.54) is 6.07 Å². The number of rotatable bonds is 3. The van der Waals surface area contributed by atoms with Gasteiger partial charge in [-0.1, -0.05) is 35.9 Å². The van der Waals surface area contributed by atoms with E-state index in [-0.39, 0.29) is 5.82 Å². The van der Waals surface area contributed by atoms with Crippen LogP contribution < -0.4 is 4.90 Å². The van der Waals surface area contributed by atoms with Gasteiger partial charge in [0.2, 0.25) is 0 Å². The summed E-state index contributed by atoms with van der Waals surface area (Å²) >= 11 is 5.75. The summed E-state index contributed by atoms with van der Waals surface area (Å²) in [5, 5.41) is 9.67. The quantitative estimate of drug-likeness (QED) is 0.940. The van der Waals surface area contributed by atoms with Crippen molar-refractivity contribution in [3.8, 4) is 0 Å². The molecule has 0 fully saturated rings. The molecule has 2 aromatic rings. The van der Waals surface area contributed by atoms with Crippen LogP contribution in [0.15, 0.2) is 42.5 Å². The van der Waals surface area contributed by atoms with Crippen molar-refractivity contribution in [3.63, 3.8) is 0 Å². The van der Waals surface area contributed by atoms with E-state index in [1.807, 2.05) is 29.2 Å². The summed E-state index contributed by atoms with van der Waals surface area (Å²) in [6, 6.07) is 11.9. The molecule has 2 aromatic carbocycles. The van der Waals surface area contributed by atoms with Gasteiger partial charge in [0, 0.05) is 29.4 Å². The van der Waals surface area contributed by atoms with Gasteiger partial charge in [0.25, 0.3) is 0 Å². The highest BCUT2D eigenvalue weighted by atomic mass is 35.5. The van der Waals surface area contributed by atoms with Crippen molar-refractivity contribution in [2.45, 2.75) is 12.5 Å². The molecule has 0 aromatic heterocycles. The number of aliphatic carboxylic acids is 1. The summed E-state index contributed by atoms with van der Waals surface area (Å²) in [4.78, 5) is 13.2. The Morgan fingerprint density at radius 1 is 1.33 bits per heavy atom. The Morgan fingerprint density at radius 3 is 2.81 bits per heavy atom. The molecular formula is C16H13ClFNO2. The van der Waals surface area contributed by atoms with E-state index >= 15 is 0 Å².